The Morgan fingerprint density at radius 1 is 0.642 bits per heavy atom. The number of alkyl halides is 1. The summed E-state index contributed by atoms with van der Waals surface area (Å²) in [7, 11) is 0. The van der Waals surface area contributed by atoms with Crippen molar-refractivity contribution in [2.75, 3.05) is 45.5 Å². The maximum Gasteiger partial charge on any atom is 0.303 e. The van der Waals surface area contributed by atoms with Crippen molar-refractivity contribution in [3.63, 3.8) is 0 Å². The molecule has 4 atom stereocenters. The molecule has 2 heterocycles. The molecular formula is C51H71ClINO13. The van der Waals surface area contributed by atoms with Gasteiger partial charge in [0.15, 0.2) is 0 Å². The predicted molar refractivity (Wildman–Crippen MR) is 269 cm³/mol. The fourth-order valence-electron chi connectivity index (χ4n) is 5.09. The van der Waals surface area contributed by atoms with E-state index in [-0.39, 0.29) is 94.2 Å². The highest BCUT2D eigenvalue weighted by Crippen LogP contribution is 2.11. The number of carboxylic acids is 1. The average molecular weight is 1070 g/mol. The quantitative estimate of drug-likeness (QED) is 0.0240. The van der Waals surface area contributed by atoms with Crippen LogP contribution >= 0.6 is 35.6 Å². The zero-order valence-electron chi connectivity index (χ0n) is 37.4. The van der Waals surface area contributed by atoms with E-state index < -0.39 is 18.2 Å². The van der Waals surface area contributed by atoms with Crippen LogP contribution in [0.25, 0.3) is 0 Å². The zero-order chi connectivity index (χ0) is 47.3. The third kappa shape index (κ3) is 37.7. The van der Waals surface area contributed by atoms with Crippen LogP contribution in [-0.4, -0.2) is 114 Å². The van der Waals surface area contributed by atoms with Gasteiger partial charge in [0.05, 0.1) is 96.5 Å². The minimum absolute atomic E-state index is 0. The van der Waals surface area contributed by atoms with Gasteiger partial charge >= 0.3 is 5.97 Å². The number of epoxide rings is 2. The number of carbonyl (C=O) groups excluding carboxylic acids is 3. The molecule has 2 saturated heterocycles. The van der Waals surface area contributed by atoms with Crippen LogP contribution in [0, 0.1) is 0 Å². The fourth-order valence-corrected chi connectivity index (χ4v) is 5.27. The number of aliphatic carboxylic acids is 1. The van der Waals surface area contributed by atoms with E-state index >= 15 is 0 Å². The summed E-state index contributed by atoms with van der Waals surface area (Å²) in [4.78, 5) is 42.1. The molecule has 6 N–H and O–H groups in total. The number of carbonyl (C=O) groups is 4. The number of ether oxygens (including phenoxy) is 5. The number of halogens is 2. The Balaban J connectivity index is 0.000000815. The van der Waals surface area contributed by atoms with Crippen molar-refractivity contribution >= 4 is 58.9 Å². The number of hydrogen-bond donors (Lipinski definition) is 5. The number of ketones is 3. The van der Waals surface area contributed by atoms with E-state index in [0.29, 0.717) is 63.8 Å². The summed E-state index contributed by atoms with van der Waals surface area (Å²) in [5, 5.41) is 35.7. The van der Waals surface area contributed by atoms with Crippen molar-refractivity contribution in [2.45, 2.75) is 103 Å². The molecule has 0 bridgehead atoms. The lowest BCUT2D eigenvalue weighted by atomic mass is 10.1. The molecule has 0 aromatic heterocycles. The van der Waals surface area contributed by atoms with Crippen molar-refractivity contribution in [1.29, 1.82) is 0 Å². The standard InChI is InChI=1S/C15H20O5.C10H15NO2.C10H12O2.C7H8O.C5H6O2.C3H5ClO.CH4.HI/c16-13(8-9-15(18)19)6-7-14(17)11-20-10-12-4-2-1-3-5-12;11-6-10(12)8-13-7-9-4-2-1-3-5-9;1-2-4-9(5-3-1)6-11-7-10-8-12-10;8-6-7-4-2-1-3-5-7;6-4-1-2-5(7)3-4;4-1-3-2-5-3;;/h1-5,14,17H,6-11H2,(H,18,19);1-5,10,12H,6-8,11H2;1-5,10H,6-8H2;1-5,8H,6H2;1-3H2;3H,1-2H2;1H4;1H. The predicted octanol–water partition coefficient (Wildman–Crippen LogP) is 7.27. The third-order valence-electron chi connectivity index (χ3n) is 8.98. The Morgan fingerprint density at radius 2 is 1.04 bits per heavy atom. The monoisotopic (exact) mass is 1070 g/mol. The molecule has 372 valence electrons. The van der Waals surface area contributed by atoms with Crippen LogP contribution in [-0.2, 0) is 69.3 Å². The molecule has 4 aromatic carbocycles. The molecule has 4 aromatic rings. The Morgan fingerprint density at radius 3 is 1.36 bits per heavy atom. The van der Waals surface area contributed by atoms with E-state index in [4.69, 9.17) is 56.3 Å². The third-order valence-corrected chi connectivity index (χ3v) is 9.33. The highest BCUT2D eigenvalue weighted by molar-refractivity contribution is 14.0. The van der Waals surface area contributed by atoms with Gasteiger partial charge in [0, 0.05) is 32.2 Å². The van der Waals surface area contributed by atoms with E-state index in [1.165, 1.54) is 5.56 Å². The molecule has 3 fully saturated rings. The molecule has 2 aliphatic heterocycles. The zero-order valence-corrected chi connectivity index (χ0v) is 40.5. The minimum atomic E-state index is -0.981. The van der Waals surface area contributed by atoms with E-state index in [9.17, 15) is 24.3 Å². The van der Waals surface area contributed by atoms with Crippen LogP contribution in [0.3, 0.4) is 0 Å². The van der Waals surface area contributed by atoms with Crippen LogP contribution in [0.2, 0.25) is 0 Å². The molecule has 3 aliphatic rings. The van der Waals surface area contributed by atoms with Crippen molar-refractivity contribution in [2.24, 2.45) is 5.73 Å². The second-order valence-electron chi connectivity index (χ2n) is 15.0. The fraction of sp³-hybridized carbons (Fsp3) is 0.451. The number of nitrogens with two attached hydrogens (primary N) is 1. The van der Waals surface area contributed by atoms with Crippen LogP contribution in [0.1, 0.15) is 74.6 Å². The van der Waals surface area contributed by atoms with Gasteiger partial charge in [-0.15, -0.1) is 35.6 Å². The molecule has 1 saturated carbocycles. The molecule has 0 radical (unpaired) electrons. The van der Waals surface area contributed by atoms with Crippen molar-refractivity contribution in [3.8, 4) is 0 Å². The van der Waals surface area contributed by atoms with Crippen LogP contribution in [0.15, 0.2) is 121 Å². The first kappa shape index (κ1) is 63.0. The SMILES string of the molecule is C.ClCC1CO1.I.NCC(O)COCc1ccccc1.O=C(O)CCC(=O)CCC(O)COCc1ccccc1.O=C1CCC(=O)C1.OCc1ccccc1.c1ccc(COCC2CO2)cc1. The van der Waals surface area contributed by atoms with E-state index in [2.05, 4.69) is 12.1 Å². The maximum atomic E-state index is 11.3. The summed E-state index contributed by atoms with van der Waals surface area (Å²) in [6.07, 6.45) is 1.03. The molecule has 0 spiro atoms. The molecule has 14 nitrogen and oxygen atoms in total. The van der Waals surface area contributed by atoms with Crippen LogP contribution in [0.5, 0.6) is 0 Å². The van der Waals surface area contributed by atoms with Crippen LogP contribution < -0.4 is 5.73 Å². The van der Waals surface area contributed by atoms with Gasteiger partial charge in [-0.3, -0.25) is 19.2 Å². The largest absolute Gasteiger partial charge is 0.481 e. The number of hydrogen-bond acceptors (Lipinski definition) is 13. The Bertz CT molecular complexity index is 1810. The van der Waals surface area contributed by atoms with Gasteiger partial charge in [0.25, 0.3) is 0 Å². The van der Waals surface area contributed by atoms with E-state index in [1.807, 2.05) is 109 Å². The first-order chi connectivity index (χ1) is 31.5. The van der Waals surface area contributed by atoms with Gasteiger partial charge < -0.3 is 49.8 Å². The van der Waals surface area contributed by atoms with Gasteiger partial charge in [0.1, 0.15) is 23.5 Å². The Labute approximate surface area is 418 Å². The Hall–Kier alpha value is -3.98. The van der Waals surface area contributed by atoms with Gasteiger partial charge in [-0.05, 0) is 28.7 Å². The molecule has 1 aliphatic carbocycles. The first-order valence-corrected chi connectivity index (χ1v) is 22.2. The molecule has 0 amide bonds. The molecule has 7 rings (SSSR count). The van der Waals surface area contributed by atoms with Gasteiger partial charge in [-0.1, -0.05) is 129 Å². The smallest absolute Gasteiger partial charge is 0.303 e. The van der Waals surface area contributed by atoms with Crippen molar-refractivity contribution in [3.05, 3.63) is 144 Å². The minimum Gasteiger partial charge on any atom is -0.481 e. The van der Waals surface area contributed by atoms with Gasteiger partial charge in [-0.2, -0.15) is 0 Å². The molecule has 67 heavy (non-hydrogen) atoms. The number of rotatable bonds is 21. The summed E-state index contributed by atoms with van der Waals surface area (Å²) in [6, 6.07) is 39.1. The van der Waals surface area contributed by atoms with Crippen molar-refractivity contribution < 1.29 is 63.3 Å². The molecular weight excluding hydrogens is 997 g/mol. The van der Waals surface area contributed by atoms with Crippen LogP contribution in [0.4, 0.5) is 0 Å². The van der Waals surface area contributed by atoms with E-state index in [1.54, 1.807) is 0 Å². The topological polar surface area (TPSA) is 228 Å². The second kappa shape index (κ2) is 41.0. The average Bonchev–Trinajstić information content (AvgIpc) is 4.29. The summed E-state index contributed by atoms with van der Waals surface area (Å²) >= 11 is 5.27. The molecule has 4 unspecified atom stereocenters. The number of aliphatic hydroxyl groups excluding tert-OH is 3. The number of benzene rings is 4. The summed E-state index contributed by atoms with van der Waals surface area (Å²) in [5.41, 5.74) is 9.54. The van der Waals surface area contributed by atoms with Crippen molar-refractivity contribution in [1.82, 2.24) is 0 Å². The number of carboxylic acid groups (broad SMARTS) is 1. The lowest BCUT2D eigenvalue weighted by Gasteiger charge is -2.10. The normalized spacial score (nSPS) is 15.7. The second-order valence-corrected chi connectivity index (χ2v) is 15.3. The summed E-state index contributed by atoms with van der Waals surface area (Å²) < 4.78 is 25.8. The summed E-state index contributed by atoms with van der Waals surface area (Å²) in [5.74, 6) is -0.255. The summed E-state index contributed by atoms with van der Waals surface area (Å²) in [6.45, 7) is 4.97. The highest BCUT2D eigenvalue weighted by Gasteiger charge is 2.22. The lowest BCUT2D eigenvalue weighted by molar-refractivity contribution is -0.138. The number of Topliss-reactive ketones (excluding diaryl/α,β-unsaturated/α-hetero) is 3. The first-order valence-electron chi connectivity index (χ1n) is 21.6. The highest BCUT2D eigenvalue weighted by atomic mass is 127. The molecule has 16 heteroatoms. The lowest BCUT2D eigenvalue weighted by Crippen LogP contribution is -2.24. The van der Waals surface area contributed by atoms with E-state index in [0.717, 1.165) is 36.5 Å². The maximum absolute atomic E-state index is 11.3. The number of aliphatic hydroxyl groups is 3. The Kier molecular flexibility index (Phi) is 38.6. The van der Waals surface area contributed by atoms with Gasteiger partial charge in [-0.25, -0.2) is 0 Å². The van der Waals surface area contributed by atoms with Gasteiger partial charge in [0.2, 0.25) is 0 Å².